The van der Waals surface area contributed by atoms with Crippen LogP contribution in [0.15, 0.2) is 18.3 Å². The maximum absolute atomic E-state index is 5.63. The molecule has 1 fully saturated rings. The molecule has 1 aromatic heterocycles. The smallest absolute Gasteiger partial charge is 0.129 e. The molecule has 0 radical (unpaired) electrons. The third-order valence-corrected chi connectivity index (χ3v) is 4.12. The van der Waals surface area contributed by atoms with Crippen molar-refractivity contribution >= 4 is 34.8 Å². The molecule has 2 heterocycles. The van der Waals surface area contributed by atoms with E-state index < -0.39 is 0 Å². The van der Waals surface area contributed by atoms with Gasteiger partial charge in [0.25, 0.3) is 0 Å². The first-order chi connectivity index (χ1) is 7.68. The van der Waals surface area contributed by atoms with E-state index >= 15 is 0 Å². The summed E-state index contributed by atoms with van der Waals surface area (Å²) in [6.45, 7) is 3.26. The fraction of sp³-hybridized carbons (Fsp3) is 0.455. The molecule has 2 N–H and O–H groups in total. The van der Waals surface area contributed by atoms with Gasteiger partial charge in [-0.2, -0.15) is 11.8 Å². The van der Waals surface area contributed by atoms with Gasteiger partial charge in [0.1, 0.15) is 10.8 Å². The van der Waals surface area contributed by atoms with Crippen LogP contribution in [0.5, 0.6) is 0 Å². The van der Waals surface area contributed by atoms with Gasteiger partial charge in [0.2, 0.25) is 0 Å². The average Bonchev–Trinajstić information content (AvgIpc) is 2.30. The van der Waals surface area contributed by atoms with Crippen LogP contribution in [0.3, 0.4) is 0 Å². The molecule has 0 bridgehead atoms. The molecule has 5 heteroatoms. The van der Waals surface area contributed by atoms with Crippen LogP contribution < -0.4 is 10.6 Å². The monoisotopic (exact) mass is 253 g/mol. The highest BCUT2D eigenvalue weighted by Crippen LogP contribution is 2.22. The molecule has 1 atom stereocenters. The predicted molar refractivity (Wildman–Crippen MR) is 74.3 cm³/mol. The van der Waals surface area contributed by atoms with E-state index in [-0.39, 0.29) is 0 Å². The number of hydrogen-bond acceptors (Lipinski definition) is 4. The third-order valence-electron chi connectivity index (χ3n) is 2.69. The zero-order valence-corrected chi connectivity index (χ0v) is 10.9. The van der Waals surface area contributed by atoms with Crippen LogP contribution in [0.1, 0.15) is 12.5 Å². The summed E-state index contributed by atoms with van der Waals surface area (Å²) in [6, 6.07) is 4.36. The molecule has 86 valence electrons. The molecule has 16 heavy (non-hydrogen) atoms. The quantitative estimate of drug-likeness (QED) is 0.812. The Kier molecular flexibility index (Phi) is 3.66. The molecule has 0 spiro atoms. The molecule has 0 aliphatic carbocycles. The zero-order chi connectivity index (χ0) is 11.5. The fourth-order valence-corrected chi connectivity index (χ4v) is 2.94. The predicted octanol–water partition coefficient (Wildman–Crippen LogP) is 1.66. The number of nitrogens with two attached hydrogens (primary N) is 1. The summed E-state index contributed by atoms with van der Waals surface area (Å²) in [5, 5.41) is 0. The van der Waals surface area contributed by atoms with Crippen LogP contribution in [-0.2, 0) is 0 Å². The molecule has 1 saturated heterocycles. The van der Waals surface area contributed by atoms with Crippen molar-refractivity contribution in [2.75, 3.05) is 23.0 Å². The van der Waals surface area contributed by atoms with E-state index in [9.17, 15) is 0 Å². The Morgan fingerprint density at radius 2 is 2.50 bits per heavy atom. The first-order valence-electron chi connectivity index (χ1n) is 5.28. The molecule has 0 saturated carbocycles. The van der Waals surface area contributed by atoms with Crippen LogP contribution >= 0.6 is 24.0 Å². The van der Waals surface area contributed by atoms with Crippen LogP contribution in [-0.4, -0.2) is 34.1 Å². The van der Waals surface area contributed by atoms with Crippen molar-refractivity contribution in [1.29, 1.82) is 0 Å². The summed E-state index contributed by atoms with van der Waals surface area (Å²) in [6.07, 6.45) is 1.78. The van der Waals surface area contributed by atoms with Crippen molar-refractivity contribution < 1.29 is 0 Å². The van der Waals surface area contributed by atoms with Gasteiger partial charge in [-0.25, -0.2) is 4.98 Å². The standard InChI is InChI=1S/C11H15N3S2/c1-8-7-16-5-4-14(8)10-6-9(11(12)15)2-3-13-10/h2-3,6,8H,4-5,7H2,1H3,(H2,12,15). The molecular formula is C11H15N3S2. The molecule has 1 unspecified atom stereocenters. The first-order valence-corrected chi connectivity index (χ1v) is 6.85. The number of nitrogens with zero attached hydrogens (tertiary/aromatic N) is 2. The maximum atomic E-state index is 5.63. The minimum Gasteiger partial charge on any atom is -0.389 e. The number of anilines is 1. The molecular weight excluding hydrogens is 238 g/mol. The SMILES string of the molecule is CC1CSCCN1c1cc(C(N)=S)ccn1. The number of hydrogen-bond donors (Lipinski definition) is 1. The van der Waals surface area contributed by atoms with Crippen molar-refractivity contribution in [2.24, 2.45) is 5.73 Å². The second kappa shape index (κ2) is 5.01. The summed E-state index contributed by atoms with van der Waals surface area (Å²) in [4.78, 5) is 7.15. The maximum Gasteiger partial charge on any atom is 0.129 e. The summed E-state index contributed by atoms with van der Waals surface area (Å²) in [5.74, 6) is 3.29. The van der Waals surface area contributed by atoms with Crippen molar-refractivity contribution in [1.82, 2.24) is 4.98 Å². The van der Waals surface area contributed by atoms with Gasteiger partial charge in [-0.3, -0.25) is 0 Å². The van der Waals surface area contributed by atoms with Gasteiger partial charge in [0.05, 0.1) is 0 Å². The summed E-state index contributed by atoms with van der Waals surface area (Å²) < 4.78 is 0. The van der Waals surface area contributed by atoms with Gasteiger partial charge >= 0.3 is 0 Å². The average molecular weight is 253 g/mol. The highest BCUT2D eigenvalue weighted by atomic mass is 32.2. The first kappa shape index (κ1) is 11.7. The molecule has 2 rings (SSSR count). The lowest BCUT2D eigenvalue weighted by molar-refractivity contribution is 0.690. The van der Waals surface area contributed by atoms with Gasteiger partial charge in [0, 0.05) is 35.9 Å². The van der Waals surface area contributed by atoms with E-state index in [1.165, 1.54) is 0 Å². The van der Waals surface area contributed by atoms with E-state index in [1.807, 2.05) is 23.9 Å². The lowest BCUT2D eigenvalue weighted by atomic mass is 10.2. The van der Waals surface area contributed by atoms with Crippen LogP contribution in [0.2, 0.25) is 0 Å². The van der Waals surface area contributed by atoms with E-state index in [0.29, 0.717) is 11.0 Å². The highest BCUT2D eigenvalue weighted by Gasteiger charge is 2.20. The Labute approximate surface area is 105 Å². The highest BCUT2D eigenvalue weighted by molar-refractivity contribution is 7.99. The van der Waals surface area contributed by atoms with E-state index in [0.717, 1.165) is 29.4 Å². The largest absolute Gasteiger partial charge is 0.389 e. The molecule has 3 nitrogen and oxygen atoms in total. The number of rotatable bonds is 2. The Hall–Kier alpha value is -0.810. The summed E-state index contributed by atoms with van der Waals surface area (Å²) >= 11 is 6.97. The number of thiocarbonyl (C=S) groups is 1. The Balaban J connectivity index is 2.25. The van der Waals surface area contributed by atoms with Gasteiger partial charge in [-0.15, -0.1) is 0 Å². The minimum atomic E-state index is 0.433. The van der Waals surface area contributed by atoms with Gasteiger partial charge in [-0.05, 0) is 19.1 Å². The molecule has 0 aromatic carbocycles. The van der Waals surface area contributed by atoms with Crippen LogP contribution in [0.4, 0.5) is 5.82 Å². The van der Waals surface area contributed by atoms with Gasteiger partial charge in [-0.1, -0.05) is 12.2 Å². The fourth-order valence-electron chi connectivity index (χ4n) is 1.80. The summed E-state index contributed by atoms with van der Waals surface area (Å²) in [7, 11) is 0. The van der Waals surface area contributed by atoms with E-state index in [1.54, 1.807) is 6.20 Å². The van der Waals surface area contributed by atoms with Crippen molar-refractivity contribution in [3.63, 3.8) is 0 Å². The Bertz CT molecular complexity index is 395. The Morgan fingerprint density at radius 3 is 3.19 bits per heavy atom. The third kappa shape index (κ3) is 2.47. The number of thioether (sulfide) groups is 1. The van der Waals surface area contributed by atoms with Gasteiger partial charge in [0.15, 0.2) is 0 Å². The number of aromatic nitrogens is 1. The minimum absolute atomic E-state index is 0.433. The molecule has 0 amide bonds. The second-order valence-corrected chi connectivity index (χ2v) is 5.47. The topological polar surface area (TPSA) is 42.1 Å². The van der Waals surface area contributed by atoms with Crippen LogP contribution in [0, 0.1) is 0 Å². The molecule has 1 aliphatic heterocycles. The normalized spacial score (nSPS) is 20.8. The van der Waals surface area contributed by atoms with Gasteiger partial charge < -0.3 is 10.6 Å². The number of pyridine rings is 1. The van der Waals surface area contributed by atoms with Crippen molar-refractivity contribution in [2.45, 2.75) is 13.0 Å². The Morgan fingerprint density at radius 1 is 1.69 bits per heavy atom. The molecule has 1 aromatic rings. The lowest BCUT2D eigenvalue weighted by Gasteiger charge is -2.34. The zero-order valence-electron chi connectivity index (χ0n) is 9.22. The van der Waals surface area contributed by atoms with E-state index in [4.69, 9.17) is 18.0 Å². The lowest BCUT2D eigenvalue weighted by Crippen LogP contribution is -2.41. The molecule has 1 aliphatic rings. The summed E-state index contributed by atoms with van der Waals surface area (Å²) in [5.41, 5.74) is 6.52. The van der Waals surface area contributed by atoms with Crippen molar-refractivity contribution in [3.8, 4) is 0 Å². The van der Waals surface area contributed by atoms with E-state index in [2.05, 4.69) is 16.8 Å². The van der Waals surface area contributed by atoms with Crippen LogP contribution in [0.25, 0.3) is 0 Å². The second-order valence-electron chi connectivity index (χ2n) is 3.88. The van der Waals surface area contributed by atoms with Crippen molar-refractivity contribution in [3.05, 3.63) is 23.9 Å².